The van der Waals surface area contributed by atoms with Gasteiger partial charge in [-0.2, -0.15) is 0 Å². The summed E-state index contributed by atoms with van der Waals surface area (Å²) in [6.45, 7) is 0.404. The largest absolute Gasteiger partial charge is 0.495 e. The molecular formula is C15H17FN2O. The molecule has 2 aromatic rings. The molecule has 0 atom stereocenters. The Morgan fingerprint density at radius 2 is 1.84 bits per heavy atom. The van der Waals surface area contributed by atoms with E-state index in [2.05, 4.69) is 5.32 Å². The first-order valence-corrected chi connectivity index (χ1v) is 6.13. The van der Waals surface area contributed by atoms with Gasteiger partial charge in [-0.3, -0.25) is 0 Å². The van der Waals surface area contributed by atoms with Gasteiger partial charge in [-0.15, -0.1) is 0 Å². The molecule has 3 N–H and O–H groups in total. The number of nitrogens with two attached hydrogens (primary N) is 1. The second kappa shape index (κ2) is 6.20. The van der Waals surface area contributed by atoms with Crippen molar-refractivity contribution in [1.82, 2.24) is 0 Å². The Kier molecular flexibility index (Phi) is 4.36. The minimum absolute atomic E-state index is 0.245. The molecule has 100 valence electrons. The van der Waals surface area contributed by atoms with Crippen molar-refractivity contribution in [3.63, 3.8) is 0 Å². The van der Waals surface area contributed by atoms with Crippen LogP contribution in [0.4, 0.5) is 15.8 Å². The topological polar surface area (TPSA) is 47.3 Å². The minimum atomic E-state index is -0.245. The number of benzene rings is 2. The van der Waals surface area contributed by atoms with Crippen molar-refractivity contribution in [3.8, 4) is 5.75 Å². The predicted octanol–water partition coefficient (Wildman–Crippen LogP) is 3.08. The van der Waals surface area contributed by atoms with E-state index < -0.39 is 0 Å². The van der Waals surface area contributed by atoms with Gasteiger partial charge in [-0.1, -0.05) is 18.2 Å². The normalized spacial score (nSPS) is 10.3. The van der Waals surface area contributed by atoms with Gasteiger partial charge in [0.1, 0.15) is 11.6 Å². The molecule has 3 nitrogen and oxygen atoms in total. The molecule has 0 saturated carbocycles. The van der Waals surface area contributed by atoms with Gasteiger partial charge in [0.05, 0.1) is 12.8 Å². The van der Waals surface area contributed by atoms with Crippen LogP contribution >= 0.6 is 0 Å². The third-order valence-corrected chi connectivity index (χ3v) is 2.89. The van der Waals surface area contributed by atoms with Crippen LogP contribution in [0.15, 0.2) is 42.5 Å². The highest BCUT2D eigenvalue weighted by molar-refractivity contribution is 5.68. The quantitative estimate of drug-likeness (QED) is 0.868. The zero-order valence-corrected chi connectivity index (χ0v) is 10.8. The second-order valence-corrected chi connectivity index (χ2v) is 4.13. The van der Waals surface area contributed by atoms with Gasteiger partial charge in [0.15, 0.2) is 0 Å². The van der Waals surface area contributed by atoms with E-state index >= 15 is 0 Å². The fourth-order valence-electron chi connectivity index (χ4n) is 1.97. The van der Waals surface area contributed by atoms with Crippen molar-refractivity contribution >= 4 is 11.4 Å². The van der Waals surface area contributed by atoms with Gasteiger partial charge in [-0.25, -0.2) is 4.39 Å². The van der Waals surface area contributed by atoms with Crippen LogP contribution in [0.3, 0.4) is 0 Å². The number of nitrogens with one attached hydrogen (secondary N) is 1. The summed E-state index contributed by atoms with van der Waals surface area (Å²) in [7, 11) is 1.60. The van der Waals surface area contributed by atoms with Crippen LogP contribution in [0.1, 0.15) is 5.56 Å². The molecule has 0 spiro atoms. The molecule has 2 aromatic carbocycles. The predicted molar refractivity (Wildman–Crippen MR) is 75.4 cm³/mol. The van der Waals surface area contributed by atoms with E-state index in [0.29, 0.717) is 24.3 Å². The van der Waals surface area contributed by atoms with E-state index in [4.69, 9.17) is 10.5 Å². The third-order valence-electron chi connectivity index (χ3n) is 2.89. The molecule has 0 saturated heterocycles. The SMILES string of the molecule is COc1ccccc1Nc1cccc(F)c1CCN. The maximum Gasteiger partial charge on any atom is 0.142 e. The number of hydrogen-bond acceptors (Lipinski definition) is 3. The third kappa shape index (κ3) is 3.03. The Labute approximate surface area is 112 Å². The molecule has 0 fully saturated rings. The van der Waals surface area contributed by atoms with Gasteiger partial charge >= 0.3 is 0 Å². The molecule has 0 heterocycles. The van der Waals surface area contributed by atoms with Gasteiger partial charge < -0.3 is 15.8 Å². The van der Waals surface area contributed by atoms with E-state index in [1.165, 1.54) is 6.07 Å². The maximum atomic E-state index is 13.8. The molecule has 0 radical (unpaired) electrons. The molecule has 0 bridgehead atoms. The number of halogens is 1. The standard InChI is InChI=1S/C15H17FN2O/c1-19-15-8-3-2-6-14(15)18-13-7-4-5-12(16)11(13)9-10-17/h2-8,18H,9-10,17H2,1H3. The van der Waals surface area contributed by atoms with Gasteiger partial charge in [0, 0.05) is 11.3 Å². The lowest BCUT2D eigenvalue weighted by Gasteiger charge is -2.14. The second-order valence-electron chi connectivity index (χ2n) is 4.13. The van der Waals surface area contributed by atoms with E-state index in [-0.39, 0.29) is 5.82 Å². The molecule has 0 aliphatic carbocycles. The summed E-state index contributed by atoms with van der Waals surface area (Å²) in [5, 5.41) is 3.20. The summed E-state index contributed by atoms with van der Waals surface area (Å²) < 4.78 is 19.1. The van der Waals surface area contributed by atoms with Crippen molar-refractivity contribution in [3.05, 3.63) is 53.8 Å². The number of para-hydroxylation sites is 2. The van der Waals surface area contributed by atoms with E-state index in [9.17, 15) is 4.39 Å². The zero-order chi connectivity index (χ0) is 13.7. The average Bonchev–Trinajstić information content (AvgIpc) is 2.43. The first kappa shape index (κ1) is 13.4. The highest BCUT2D eigenvalue weighted by Crippen LogP contribution is 2.29. The van der Waals surface area contributed by atoms with Crippen LogP contribution in [0, 0.1) is 5.82 Å². The Morgan fingerprint density at radius 3 is 2.58 bits per heavy atom. The molecule has 4 heteroatoms. The minimum Gasteiger partial charge on any atom is -0.495 e. The van der Waals surface area contributed by atoms with Crippen molar-refractivity contribution in [2.75, 3.05) is 19.0 Å². The smallest absolute Gasteiger partial charge is 0.142 e. The highest BCUT2D eigenvalue weighted by Gasteiger charge is 2.09. The van der Waals surface area contributed by atoms with E-state index in [1.807, 2.05) is 30.3 Å². The lowest BCUT2D eigenvalue weighted by atomic mass is 10.1. The number of ether oxygens (including phenoxy) is 1. The number of methoxy groups -OCH3 is 1. The summed E-state index contributed by atoms with van der Waals surface area (Å²) in [6.07, 6.45) is 0.490. The van der Waals surface area contributed by atoms with Crippen LogP contribution in [-0.4, -0.2) is 13.7 Å². The van der Waals surface area contributed by atoms with Gasteiger partial charge in [0.25, 0.3) is 0 Å². The lowest BCUT2D eigenvalue weighted by molar-refractivity contribution is 0.417. The molecular weight excluding hydrogens is 243 g/mol. The summed E-state index contributed by atoms with van der Waals surface area (Å²) in [4.78, 5) is 0. The van der Waals surface area contributed by atoms with Crippen LogP contribution < -0.4 is 15.8 Å². The number of hydrogen-bond donors (Lipinski definition) is 2. The molecule has 0 unspecified atom stereocenters. The lowest BCUT2D eigenvalue weighted by Crippen LogP contribution is -2.07. The van der Waals surface area contributed by atoms with Crippen molar-refractivity contribution < 1.29 is 9.13 Å². The molecule has 2 rings (SSSR count). The van der Waals surface area contributed by atoms with Crippen molar-refractivity contribution in [2.45, 2.75) is 6.42 Å². The van der Waals surface area contributed by atoms with Crippen LogP contribution in [-0.2, 0) is 6.42 Å². The average molecular weight is 260 g/mol. The fourth-order valence-corrected chi connectivity index (χ4v) is 1.97. The molecule has 0 amide bonds. The van der Waals surface area contributed by atoms with Crippen LogP contribution in [0.25, 0.3) is 0 Å². The van der Waals surface area contributed by atoms with E-state index in [0.717, 1.165) is 11.4 Å². The number of rotatable bonds is 5. The monoisotopic (exact) mass is 260 g/mol. The fraction of sp³-hybridized carbons (Fsp3) is 0.200. The van der Waals surface area contributed by atoms with Crippen LogP contribution in [0.2, 0.25) is 0 Å². The highest BCUT2D eigenvalue weighted by atomic mass is 19.1. The van der Waals surface area contributed by atoms with Crippen molar-refractivity contribution in [2.24, 2.45) is 5.73 Å². The molecule has 0 aliphatic heterocycles. The Hall–Kier alpha value is -2.07. The summed E-state index contributed by atoms with van der Waals surface area (Å²) >= 11 is 0. The first-order valence-electron chi connectivity index (χ1n) is 6.13. The Balaban J connectivity index is 2.35. The molecule has 0 aromatic heterocycles. The summed E-state index contributed by atoms with van der Waals surface area (Å²) in [5.41, 5.74) is 7.64. The summed E-state index contributed by atoms with van der Waals surface area (Å²) in [5.74, 6) is 0.468. The van der Waals surface area contributed by atoms with Crippen LogP contribution in [0.5, 0.6) is 5.75 Å². The molecule has 0 aliphatic rings. The Bertz CT molecular complexity index is 558. The Morgan fingerprint density at radius 1 is 1.11 bits per heavy atom. The zero-order valence-electron chi connectivity index (χ0n) is 10.8. The molecule has 19 heavy (non-hydrogen) atoms. The summed E-state index contributed by atoms with van der Waals surface area (Å²) in [6, 6.07) is 12.5. The number of anilines is 2. The van der Waals surface area contributed by atoms with Gasteiger partial charge in [-0.05, 0) is 37.2 Å². The first-order chi connectivity index (χ1) is 9.26. The van der Waals surface area contributed by atoms with Crippen molar-refractivity contribution in [1.29, 1.82) is 0 Å². The maximum absolute atomic E-state index is 13.8. The van der Waals surface area contributed by atoms with E-state index in [1.54, 1.807) is 13.2 Å². The van der Waals surface area contributed by atoms with Gasteiger partial charge in [0.2, 0.25) is 0 Å².